The van der Waals surface area contributed by atoms with Crippen LogP contribution in [0.25, 0.3) is 0 Å². The van der Waals surface area contributed by atoms with E-state index < -0.39 is 23.8 Å². The van der Waals surface area contributed by atoms with Crippen molar-refractivity contribution >= 4 is 53.2 Å². The fourth-order valence-electron chi connectivity index (χ4n) is 5.97. The Bertz CT molecular complexity index is 1760. The van der Waals surface area contributed by atoms with Crippen molar-refractivity contribution in [2.45, 2.75) is 25.2 Å². The number of halogens is 7. The Kier molecular flexibility index (Phi) is 10.8. The van der Waals surface area contributed by atoms with Crippen LogP contribution in [-0.4, -0.2) is 54.5 Å². The summed E-state index contributed by atoms with van der Waals surface area (Å²) >= 11 is 12.5. The average molecular weight is 722 g/mol. The molecule has 2 atom stereocenters. The van der Waals surface area contributed by atoms with Crippen LogP contribution in [0.1, 0.15) is 41.3 Å². The van der Waals surface area contributed by atoms with Crippen molar-refractivity contribution in [3.63, 3.8) is 0 Å². The molecule has 0 bridgehead atoms. The van der Waals surface area contributed by atoms with Crippen molar-refractivity contribution in [2.75, 3.05) is 37.7 Å². The van der Waals surface area contributed by atoms with Gasteiger partial charge in [0.25, 0.3) is 0 Å². The molecule has 0 spiro atoms. The van der Waals surface area contributed by atoms with Crippen LogP contribution in [0, 0.1) is 5.82 Å². The molecule has 2 amide bonds. The van der Waals surface area contributed by atoms with E-state index in [4.69, 9.17) is 32.9 Å². The van der Waals surface area contributed by atoms with Crippen LogP contribution < -0.4 is 9.64 Å². The van der Waals surface area contributed by atoms with Gasteiger partial charge in [-0.3, -0.25) is 9.89 Å². The molecule has 4 aromatic rings. The highest BCUT2D eigenvalue weighted by molar-refractivity contribution is 6.30. The summed E-state index contributed by atoms with van der Waals surface area (Å²) in [6.45, 7) is 3.47. The molecule has 2 aliphatic rings. The molecule has 0 aromatic heterocycles. The molecule has 6 nitrogen and oxygen atoms in total. The second-order valence-electron chi connectivity index (χ2n) is 11.2. The Morgan fingerprint density at radius 3 is 2.00 bits per heavy atom. The monoisotopic (exact) mass is 720 g/mol. The summed E-state index contributed by atoms with van der Waals surface area (Å²) in [6.07, 6.45) is -4.60. The third-order valence-electron chi connectivity index (χ3n) is 8.29. The van der Waals surface area contributed by atoms with Gasteiger partial charge in [0.05, 0.1) is 23.8 Å². The summed E-state index contributed by atoms with van der Waals surface area (Å²) in [7, 11) is 0. The van der Waals surface area contributed by atoms with Gasteiger partial charge in [-0.15, -0.1) is 12.4 Å². The van der Waals surface area contributed by atoms with E-state index in [1.54, 1.807) is 53.1 Å². The highest BCUT2D eigenvalue weighted by Gasteiger charge is 2.45. The number of nitrogens with zero attached hydrogens (tertiary/aromatic N) is 4. The maximum absolute atomic E-state index is 14.7. The van der Waals surface area contributed by atoms with E-state index in [-0.39, 0.29) is 48.0 Å². The number of rotatable bonds is 6. The van der Waals surface area contributed by atoms with Gasteiger partial charge in [-0.2, -0.15) is 13.2 Å². The zero-order valence-electron chi connectivity index (χ0n) is 25.6. The van der Waals surface area contributed by atoms with E-state index in [9.17, 15) is 22.4 Å². The molecule has 6 rings (SSSR count). The van der Waals surface area contributed by atoms with Gasteiger partial charge >= 0.3 is 12.2 Å². The van der Waals surface area contributed by atoms with E-state index >= 15 is 0 Å². The Balaban J connectivity index is 0.00000451. The van der Waals surface area contributed by atoms with Crippen LogP contribution in [0.15, 0.2) is 96.0 Å². The fourth-order valence-corrected chi connectivity index (χ4v) is 6.22. The topological polar surface area (TPSA) is 48.4 Å². The molecule has 1 saturated heterocycles. The van der Waals surface area contributed by atoms with E-state index in [0.29, 0.717) is 36.2 Å². The molecule has 2 aliphatic heterocycles. The van der Waals surface area contributed by atoms with Crippen LogP contribution >= 0.6 is 35.6 Å². The van der Waals surface area contributed by atoms with Gasteiger partial charge in [0.15, 0.2) is 0 Å². The van der Waals surface area contributed by atoms with Gasteiger partial charge in [0, 0.05) is 41.9 Å². The molecule has 2 heterocycles. The molecule has 48 heavy (non-hydrogen) atoms. The molecular formula is C35H31Cl3F4N4O2. The number of piperazine rings is 1. The first-order valence-corrected chi connectivity index (χ1v) is 15.8. The molecule has 13 heteroatoms. The number of hydrogen-bond acceptors (Lipinski definition) is 4. The lowest BCUT2D eigenvalue weighted by atomic mass is 9.93. The van der Waals surface area contributed by atoms with Crippen LogP contribution in [0.4, 0.5) is 28.0 Å². The number of hydrogen-bond donors (Lipinski definition) is 0. The predicted molar refractivity (Wildman–Crippen MR) is 182 cm³/mol. The van der Waals surface area contributed by atoms with Crippen molar-refractivity contribution in [3.8, 4) is 5.75 Å². The largest absolute Gasteiger partial charge is 0.493 e. The van der Waals surface area contributed by atoms with Crippen molar-refractivity contribution in [1.82, 2.24) is 9.80 Å². The minimum Gasteiger partial charge on any atom is -0.493 e. The second kappa shape index (κ2) is 14.6. The SMILES string of the molecule is CCOc1cc(C(F)(F)F)ccc1C1=NC(c2ccc(Cl)cc2)C(c2ccc(Cl)cc2)N1C(=O)N1CCN(c2ccc(F)cc2)CC1.Cl. The summed E-state index contributed by atoms with van der Waals surface area (Å²) in [5.41, 5.74) is 1.72. The number of alkyl halides is 3. The number of ether oxygens (including phenoxy) is 1. The number of anilines is 1. The van der Waals surface area contributed by atoms with Gasteiger partial charge in [0.1, 0.15) is 23.4 Å². The van der Waals surface area contributed by atoms with Crippen LogP contribution in [-0.2, 0) is 6.18 Å². The van der Waals surface area contributed by atoms with E-state index in [1.807, 2.05) is 24.3 Å². The van der Waals surface area contributed by atoms with Crippen LogP contribution in [0.5, 0.6) is 5.75 Å². The second-order valence-corrected chi connectivity index (χ2v) is 12.1. The Hall–Kier alpha value is -3.99. The first kappa shape index (κ1) is 35.3. The van der Waals surface area contributed by atoms with Gasteiger partial charge < -0.3 is 14.5 Å². The van der Waals surface area contributed by atoms with Crippen molar-refractivity contribution < 1.29 is 27.1 Å². The van der Waals surface area contributed by atoms with E-state index in [2.05, 4.69) is 4.90 Å². The standard InChI is InChI=1S/C35H30Cl2F4N4O2.ClH/c1-2-47-30-21-24(35(39,40)41)7-16-29(30)33-42-31(22-3-8-25(36)9-4-22)32(23-5-10-26(37)11-6-23)45(33)34(46)44-19-17-43(18-20-44)28-14-12-27(38)13-15-28;/h3-16,21,31-32H,2,17-20H2,1H3;1H. The molecule has 2 unspecified atom stereocenters. The lowest BCUT2D eigenvalue weighted by Gasteiger charge is -2.40. The fraction of sp³-hybridized carbons (Fsp3) is 0.257. The quantitative estimate of drug-likeness (QED) is 0.187. The maximum Gasteiger partial charge on any atom is 0.416 e. The molecule has 0 radical (unpaired) electrons. The Morgan fingerprint density at radius 2 is 1.44 bits per heavy atom. The summed E-state index contributed by atoms with van der Waals surface area (Å²) in [6, 6.07) is 21.9. The van der Waals surface area contributed by atoms with Gasteiger partial charge in [-0.1, -0.05) is 47.5 Å². The van der Waals surface area contributed by atoms with Crippen molar-refractivity contribution in [3.05, 3.63) is 129 Å². The molecule has 252 valence electrons. The third-order valence-corrected chi connectivity index (χ3v) is 8.79. The van der Waals surface area contributed by atoms with E-state index in [0.717, 1.165) is 28.9 Å². The van der Waals surface area contributed by atoms with Crippen molar-refractivity contribution in [2.24, 2.45) is 4.99 Å². The molecule has 0 N–H and O–H groups in total. The van der Waals surface area contributed by atoms with Crippen molar-refractivity contribution in [1.29, 1.82) is 0 Å². The lowest BCUT2D eigenvalue weighted by Crippen LogP contribution is -2.54. The first-order valence-electron chi connectivity index (χ1n) is 15.1. The highest BCUT2D eigenvalue weighted by atomic mass is 35.5. The number of carbonyl (C=O) groups excluding carboxylic acids is 1. The maximum atomic E-state index is 14.7. The zero-order chi connectivity index (χ0) is 33.3. The van der Waals surface area contributed by atoms with E-state index in [1.165, 1.54) is 18.2 Å². The Morgan fingerprint density at radius 1 is 0.854 bits per heavy atom. The van der Waals surface area contributed by atoms with Gasteiger partial charge in [-0.25, -0.2) is 9.18 Å². The summed E-state index contributed by atoms with van der Waals surface area (Å²) in [5, 5.41) is 1.03. The minimum atomic E-state index is -4.60. The number of aliphatic imine (C=N–C) groups is 1. The summed E-state index contributed by atoms with van der Waals surface area (Å²) in [4.78, 5) is 25.1. The molecule has 1 fully saturated rings. The summed E-state index contributed by atoms with van der Waals surface area (Å²) < 4.78 is 60.6. The van der Waals surface area contributed by atoms with Gasteiger partial charge in [0.2, 0.25) is 0 Å². The molecule has 0 saturated carbocycles. The molecule has 0 aliphatic carbocycles. The van der Waals surface area contributed by atoms with Gasteiger partial charge in [-0.05, 0) is 84.8 Å². The number of benzene rings is 4. The number of carbonyl (C=O) groups is 1. The normalized spacial score (nSPS) is 18.0. The number of amides is 2. The third kappa shape index (κ3) is 7.36. The predicted octanol–water partition coefficient (Wildman–Crippen LogP) is 9.46. The minimum absolute atomic E-state index is 0. The lowest BCUT2D eigenvalue weighted by molar-refractivity contribution is -0.137. The first-order chi connectivity index (χ1) is 22.5. The summed E-state index contributed by atoms with van der Waals surface area (Å²) in [5.74, 6) is -0.179. The smallest absolute Gasteiger partial charge is 0.416 e. The zero-order valence-corrected chi connectivity index (χ0v) is 28.0. The average Bonchev–Trinajstić information content (AvgIpc) is 3.45. The Labute approximate surface area is 291 Å². The van der Waals surface area contributed by atoms with Crippen LogP contribution in [0.3, 0.4) is 0 Å². The molecular weight excluding hydrogens is 691 g/mol. The highest BCUT2D eigenvalue weighted by Crippen LogP contribution is 2.46. The number of amidine groups is 1. The number of urea groups is 1. The molecule has 4 aromatic carbocycles. The van der Waals surface area contributed by atoms with Crippen LogP contribution in [0.2, 0.25) is 10.0 Å².